The van der Waals surface area contributed by atoms with Crippen LogP contribution in [0.1, 0.15) is 18.0 Å². The third-order valence-electron chi connectivity index (χ3n) is 6.21. The third-order valence-corrected chi connectivity index (χ3v) is 6.21. The molecule has 0 spiro atoms. The van der Waals surface area contributed by atoms with Gasteiger partial charge in [-0.05, 0) is 42.0 Å². The van der Waals surface area contributed by atoms with E-state index in [1.165, 1.54) is 17.2 Å². The molecule has 0 N–H and O–H groups in total. The summed E-state index contributed by atoms with van der Waals surface area (Å²) in [5.74, 6) is -1.34. The first kappa shape index (κ1) is 25.0. The summed E-state index contributed by atoms with van der Waals surface area (Å²) in [6, 6.07) is 14.0. The number of anilines is 2. The smallest absolute Gasteiger partial charge is 0.314 e. The summed E-state index contributed by atoms with van der Waals surface area (Å²) >= 11 is 0. The van der Waals surface area contributed by atoms with Crippen molar-refractivity contribution in [2.24, 2.45) is 7.05 Å². The van der Waals surface area contributed by atoms with Gasteiger partial charge in [0.15, 0.2) is 0 Å². The number of hydrogen-bond acceptors (Lipinski definition) is 6. The Hall–Kier alpha value is -4.67. The zero-order chi connectivity index (χ0) is 27.0. The summed E-state index contributed by atoms with van der Waals surface area (Å²) in [6.45, 7) is 0.0471. The van der Waals surface area contributed by atoms with Crippen molar-refractivity contribution < 1.29 is 22.4 Å². The van der Waals surface area contributed by atoms with E-state index in [1.54, 1.807) is 18.2 Å². The molecular weight excluding hydrogens is 497 g/mol. The average molecular weight is 521 g/mol. The van der Waals surface area contributed by atoms with Crippen molar-refractivity contribution >= 4 is 28.7 Å². The Balaban J connectivity index is 1.44. The summed E-state index contributed by atoms with van der Waals surface area (Å²) < 4.78 is 47.8. The fourth-order valence-electron chi connectivity index (χ4n) is 4.25. The summed E-state index contributed by atoms with van der Waals surface area (Å²) in [5, 5.41) is 7.90. The van der Waals surface area contributed by atoms with Crippen LogP contribution < -0.4 is 9.80 Å². The number of carbonyl (C=O) groups is 1. The molecule has 0 radical (unpaired) electrons. The van der Waals surface area contributed by atoms with Gasteiger partial charge in [0.25, 0.3) is 5.89 Å². The topological polar surface area (TPSA) is 80.3 Å². The molecule has 0 unspecified atom stereocenters. The van der Waals surface area contributed by atoms with Crippen LogP contribution >= 0.6 is 0 Å². The zero-order valence-electron chi connectivity index (χ0n) is 20.8. The van der Waals surface area contributed by atoms with Gasteiger partial charge in [0.05, 0.1) is 29.2 Å². The SMILES string of the molecule is CN(C)c1cc(-c2ccc3c(ccn3C)c2)c(F)cc1N(C=O)Cc1ccc(-c2nnc(C(F)F)o2)cn1. The van der Waals surface area contributed by atoms with Crippen LogP contribution in [0.5, 0.6) is 0 Å². The first-order valence-corrected chi connectivity index (χ1v) is 11.6. The first-order chi connectivity index (χ1) is 18.2. The van der Waals surface area contributed by atoms with Gasteiger partial charge in [-0.3, -0.25) is 9.78 Å². The quantitative estimate of drug-likeness (QED) is 0.248. The van der Waals surface area contributed by atoms with Crippen LogP contribution in [0.25, 0.3) is 33.5 Å². The van der Waals surface area contributed by atoms with Gasteiger partial charge >= 0.3 is 6.43 Å². The van der Waals surface area contributed by atoms with Gasteiger partial charge in [-0.25, -0.2) is 4.39 Å². The minimum absolute atomic E-state index is 0.0471. The lowest BCUT2D eigenvalue weighted by Gasteiger charge is -2.25. The maximum atomic E-state index is 15.5. The minimum Gasteiger partial charge on any atom is -0.415 e. The number of alkyl halides is 2. The van der Waals surface area contributed by atoms with E-state index >= 15 is 4.39 Å². The molecule has 3 heterocycles. The molecule has 11 heteroatoms. The molecule has 0 bridgehead atoms. The number of aryl methyl sites for hydroxylation is 1. The standard InChI is InChI=1S/C27H23F3N6O2/c1-34(2)23-11-20(16-5-7-22-17(10-16)8-9-35(22)3)21(28)12-24(23)36(15-37)14-19-6-4-18(13-31-19)26-32-33-27(38-26)25(29)30/h4-13,15,25H,14H2,1-3H3. The number of carbonyl (C=O) groups excluding carboxylic acids is 1. The van der Waals surface area contributed by atoms with E-state index in [2.05, 4.69) is 15.2 Å². The van der Waals surface area contributed by atoms with Gasteiger partial charge in [-0.15, -0.1) is 10.2 Å². The second kappa shape index (κ2) is 10.0. The number of aromatic nitrogens is 4. The fourth-order valence-corrected chi connectivity index (χ4v) is 4.25. The predicted molar refractivity (Wildman–Crippen MR) is 137 cm³/mol. The van der Waals surface area contributed by atoms with E-state index < -0.39 is 18.1 Å². The van der Waals surface area contributed by atoms with Crippen LogP contribution in [0.4, 0.5) is 24.5 Å². The van der Waals surface area contributed by atoms with E-state index in [0.717, 1.165) is 16.5 Å². The Labute approximate surface area is 215 Å². The molecule has 0 saturated heterocycles. The van der Waals surface area contributed by atoms with Crippen LogP contribution in [0, 0.1) is 5.82 Å². The first-order valence-electron chi connectivity index (χ1n) is 11.6. The van der Waals surface area contributed by atoms with Crippen molar-refractivity contribution in [3.8, 4) is 22.6 Å². The van der Waals surface area contributed by atoms with Crippen molar-refractivity contribution in [2.75, 3.05) is 23.9 Å². The van der Waals surface area contributed by atoms with Gasteiger partial charge in [-0.1, -0.05) is 6.07 Å². The lowest BCUT2D eigenvalue weighted by Crippen LogP contribution is -2.24. The van der Waals surface area contributed by atoms with Crippen LogP contribution in [-0.4, -0.2) is 40.3 Å². The number of pyridine rings is 1. The molecule has 8 nitrogen and oxygen atoms in total. The lowest BCUT2D eigenvalue weighted by atomic mass is 10.0. The number of fused-ring (bicyclic) bond motifs is 1. The molecular formula is C27H23F3N6O2. The Morgan fingerprint density at radius 3 is 2.47 bits per heavy atom. The number of hydrogen-bond donors (Lipinski definition) is 0. The summed E-state index contributed by atoms with van der Waals surface area (Å²) in [7, 11) is 5.58. The molecule has 2 aromatic carbocycles. The monoisotopic (exact) mass is 520 g/mol. The molecule has 0 fully saturated rings. The predicted octanol–water partition coefficient (Wildman–Crippen LogP) is 5.60. The molecule has 5 rings (SSSR count). The molecule has 0 aliphatic rings. The van der Waals surface area contributed by atoms with Crippen LogP contribution in [0.3, 0.4) is 0 Å². The van der Waals surface area contributed by atoms with E-state index in [0.29, 0.717) is 34.6 Å². The van der Waals surface area contributed by atoms with Crippen LogP contribution in [0.15, 0.2) is 65.3 Å². The van der Waals surface area contributed by atoms with E-state index in [1.807, 2.05) is 61.1 Å². The van der Waals surface area contributed by atoms with Gasteiger partial charge < -0.3 is 18.8 Å². The second-order valence-corrected chi connectivity index (χ2v) is 8.93. The zero-order valence-corrected chi connectivity index (χ0v) is 20.8. The molecule has 38 heavy (non-hydrogen) atoms. The van der Waals surface area contributed by atoms with Crippen molar-refractivity contribution in [1.82, 2.24) is 19.7 Å². The Morgan fingerprint density at radius 1 is 1.03 bits per heavy atom. The highest BCUT2D eigenvalue weighted by Crippen LogP contribution is 2.37. The summed E-state index contributed by atoms with van der Waals surface area (Å²) in [4.78, 5) is 19.6. The Bertz CT molecular complexity index is 1610. The van der Waals surface area contributed by atoms with E-state index in [-0.39, 0.29) is 12.4 Å². The Morgan fingerprint density at radius 2 is 1.82 bits per heavy atom. The highest BCUT2D eigenvalue weighted by Gasteiger charge is 2.20. The summed E-state index contributed by atoms with van der Waals surface area (Å²) in [6.07, 6.45) is 1.07. The molecule has 194 valence electrons. The molecule has 1 amide bonds. The molecule has 0 saturated carbocycles. The van der Waals surface area contributed by atoms with Crippen molar-refractivity contribution in [3.63, 3.8) is 0 Å². The van der Waals surface area contributed by atoms with Crippen LogP contribution in [0.2, 0.25) is 0 Å². The molecule has 3 aromatic heterocycles. The second-order valence-electron chi connectivity index (χ2n) is 8.93. The molecule has 5 aromatic rings. The normalized spacial score (nSPS) is 11.3. The van der Waals surface area contributed by atoms with Crippen molar-refractivity contribution in [3.05, 3.63) is 78.3 Å². The summed E-state index contributed by atoms with van der Waals surface area (Å²) in [5.41, 5.74) is 4.03. The lowest BCUT2D eigenvalue weighted by molar-refractivity contribution is -0.107. The van der Waals surface area contributed by atoms with Crippen LogP contribution in [-0.2, 0) is 18.4 Å². The molecule has 0 atom stereocenters. The number of amides is 1. The maximum absolute atomic E-state index is 15.5. The number of benzene rings is 2. The third kappa shape index (κ3) is 4.70. The maximum Gasteiger partial charge on any atom is 0.314 e. The van der Waals surface area contributed by atoms with Crippen molar-refractivity contribution in [2.45, 2.75) is 13.0 Å². The number of halogens is 3. The van der Waals surface area contributed by atoms with E-state index in [9.17, 15) is 13.6 Å². The highest BCUT2D eigenvalue weighted by molar-refractivity contribution is 5.90. The van der Waals surface area contributed by atoms with Gasteiger partial charge in [0.1, 0.15) is 5.82 Å². The minimum atomic E-state index is -2.87. The fraction of sp³-hybridized carbons (Fsp3) is 0.185. The number of nitrogens with zero attached hydrogens (tertiary/aromatic N) is 6. The molecule has 0 aliphatic heterocycles. The highest BCUT2D eigenvalue weighted by atomic mass is 19.3. The largest absolute Gasteiger partial charge is 0.415 e. The van der Waals surface area contributed by atoms with Gasteiger partial charge in [0.2, 0.25) is 12.3 Å². The Kier molecular flexibility index (Phi) is 6.58. The van der Waals surface area contributed by atoms with E-state index in [4.69, 9.17) is 4.42 Å². The van der Waals surface area contributed by atoms with Gasteiger partial charge in [0, 0.05) is 56.1 Å². The molecule has 0 aliphatic carbocycles. The van der Waals surface area contributed by atoms with Crippen molar-refractivity contribution in [1.29, 1.82) is 0 Å². The van der Waals surface area contributed by atoms with Gasteiger partial charge in [-0.2, -0.15) is 8.78 Å². The number of rotatable bonds is 8. The average Bonchev–Trinajstić information content (AvgIpc) is 3.55.